The molecular weight excluding hydrogens is 242 g/mol. The second-order valence-corrected chi connectivity index (χ2v) is 7.47. The van der Waals surface area contributed by atoms with Crippen molar-refractivity contribution < 1.29 is 4.74 Å². The maximum Gasteiger partial charge on any atom is 0.0551 e. The van der Waals surface area contributed by atoms with Gasteiger partial charge in [-0.15, -0.1) is 11.3 Å². The molecule has 1 N–H and O–H groups in total. The predicted octanol–water partition coefficient (Wildman–Crippen LogP) is 3.73. The van der Waals surface area contributed by atoms with Gasteiger partial charge in [0.1, 0.15) is 0 Å². The van der Waals surface area contributed by atoms with E-state index in [1.54, 1.807) is 0 Å². The highest BCUT2D eigenvalue weighted by Gasteiger charge is 2.31. The van der Waals surface area contributed by atoms with Crippen molar-refractivity contribution in [3.63, 3.8) is 0 Å². The molecule has 0 aromatic carbocycles. The van der Waals surface area contributed by atoms with Gasteiger partial charge in [-0.05, 0) is 37.9 Å². The fourth-order valence-corrected chi connectivity index (χ4v) is 3.89. The van der Waals surface area contributed by atoms with E-state index in [1.165, 1.54) is 9.75 Å². The highest BCUT2D eigenvalue weighted by atomic mass is 32.1. The standard InChI is InChI=1S/C15H25NOS/c1-10-8-11(9-17-10)14(16-5)12-6-7-13(18-12)15(2,3)4/h6-7,10-11,14,16H,8-9H2,1-5H3. The van der Waals surface area contributed by atoms with Gasteiger partial charge in [0.05, 0.1) is 12.7 Å². The van der Waals surface area contributed by atoms with Gasteiger partial charge in [-0.25, -0.2) is 0 Å². The highest BCUT2D eigenvalue weighted by Crippen LogP contribution is 2.37. The number of nitrogens with one attached hydrogen (secondary N) is 1. The first-order valence-electron chi connectivity index (χ1n) is 6.81. The van der Waals surface area contributed by atoms with E-state index in [0.717, 1.165) is 13.0 Å². The molecule has 0 spiro atoms. The minimum Gasteiger partial charge on any atom is -0.378 e. The first kappa shape index (κ1) is 14.0. The Kier molecular flexibility index (Phi) is 4.15. The van der Waals surface area contributed by atoms with Gasteiger partial charge in [-0.1, -0.05) is 20.8 Å². The molecule has 0 saturated carbocycles. The topological polar surface area (TPSA) is 21.3 Å². The molecular formula is C15H25NOS. The Bertz CT molecular complexity index is 393. The molecule has 1 aliphatic heterocycles. The first-order chi connectivity index (χ1) is 8.41. The largest absolute Gasteiger partial charge is 0.378 e. The minimum atomic E-state index is 0.251. The van der Waals surface area contributed by atoms with E-state index < -0.39 is 0 Å². The van der Waals surface area contributed by atoms with Gasteiger partial charge in [-0.3, -0.25) is 0 Å². The van der Waals surface area contributed by atoms with Crippen molar-refractivity contribution in [1.29, 1.82) is 0 Å². The number of hydrogen-bond acceptors (Lipinski definition) is 3. The number of rotatable bonds is 3. The summed E-state index contributed by atoms with van der Waals surface area (Å²) in [5, 5.41) is 3.48. The molecule has 0 amide bonds. The molecule has 1 aromatic heterocycles. The molecule has 0 aliphatic carbocycles. The summed E-state index contributed by atoms with van der Waals surface area (Å²) in [7, 11) is 2.06. The Morgan fingerprint density at radius 1 is 1.39 bits per heavy atom. The van der Waals surface area contributed by atoms with Crippen molar-refractivity contribution in [2.45, 2.75) is 51.7 Å². The van der Waals surface area contributed by atoms with Crippen LogP contribution in [0.1, 0.15) is 49.9 Å². The van der Waals surface area contributed by atoms with Gasteiger partial charge < -0.3 is 10.1 Å². The molecule has 3 unspecified atom stereocenters. The number of ether oxygens (including phenoxy) is 1. The van der Waals surface area contributed by atoms with Gasteiger partial charge >= 0.3 is 0 Å². The Balaban J connectivity index is 2.15. The average molecular weight is 267 g/mol. The van der Waals surface area contributed by atoms with E-state index in [-0.39, 0.29) is 5.41 Å². The summed E-state index contributed by atoms with van der Waals surface area (Å²) in [5.41, 5.74) is 0.251. The van der Waals surface area contributed by atoms with Crippen LogP contribution < -0.4 is 5.32 Å². The van der Waals surface area contributed by atoms with E-state index >= 15 is 0 Å². The van der Waals surface area contributed by atoms with Crippen LogP contribution in [0.5, 0.6) is 0 Å². The first-order valence-corrected chi connectivity index (χ1v) is 7.62. The summed E-state index contributed by atoms with van der Waals surface area (Å²) >= 11 is 1.94. The van der Waals surface area contributed by atoms with Crippen molar-refractivity contribution in [3.05, 3.63) is 21.9 Å². The van der Waals surface area contributed by atoms with E-state index in [2.05, 4.69) is 52.2 Å². The van der Waals surface area contributed by atoms with Crippen LogP contribution in [0.4, 0.5) is 0 Å². The molecule has 1 fully saturated rings. The van der Waals surface area contributed by atoms with Gasteiger partial charge in [0.25, 0.3) is 0 Å². The van der Waals surface area contributed by atoms with Gasteiger partial charge in [0.15, 0.2) is 0 Å². The molecule has 18 heavy (non-hydrogen) atoms. The molecule has 2 rings (SSSR count). The summed E-state index contributed by atoms with van der Waals surface area (Å²) in [6, 6.07) is 5.01. The van der Waals surface area contributed by atoms with Crippen molar-refractivity contribution in [2.24, 2.45) is 5.92 Å². The van der Waals surface area contributed by atoms with Crippen LogP contribution in [0, 0.1) is 5.92 Å². The highest BCUT2D eigenvalue weighted by molar-refractivity contribution is 7.12. The number of thiophene rings is 1. The van der Waals surface area contributed by atoms with Crippen molar-refractivity contribution >= 4 is 11.3 Å². The fraction of sp³-hybridized carbons (Fsp3) is 0.733. The predicted molar refractivity (Wildman–Crippen MR) is 78.3 cm³/mol. The lowest BCUT2D eigenvalue weighted by atomic mass is 9.94. The van der Waals surface area contributed by atoms with Gasteiger partial charge in [-0.2, -0.15) is 0 Å². The lowest BCUT2D eigenvalue weighted by Gasteiger charge is -2.21. The number of hydrogen-bond donors (Lipinski definition) is 1. The van der Waals surface area contributed by atoms with E-state index in [1.807, 2.05) is 11.3 Å². The zero-order chi connectivity index (χ0) is 13.3. The molecule has 1 aromatic rings. The molecule has 1 aliphatic rings. The lowest BCUT2D eigenvalue weighted by molar-refractivity contribution is 0.117. The van der Waals surface area contributed by atoms with Crippen LogP contribution in [0.15, 0.2) is 12.1 Å². The van der Waals surface area contributed by atoms with Crippen molar-refractivity contribution in [3.8, 4) is 0 Å². The van der Waals surface area contributed by atoms with Crippen LogP contribution >= 0.6 is 11.3 Å². The molecule has 3 heteroatoms. The van der Waals surface area contributed by atoms with Crippen molar-refractivity contribution in [1.82, 2.24) is 5.32 Å². The summed E-state index contributed by atoms with van der Waals surface area (Å²) in [5.74, 6) is 0.608. The second-order valence-electron chi connectivity index (χ2n) is 6.36. The van der Waals surface area contributed by atoms with E-state index in [0.29, 0.717) is 18.1 Å². The van der Waals surface area contributed by atoms with Crippen molar-refractivity contribution in [2.75, 3.05) is 13.7 Å². The molecule has 3 atom stereocenters. The van der Waals surface area contributed by atoms with Crippen LogP contribution in [0.25, 0.3) is 0 Å². The van der Waals surface area contributed by atoms with Crippen LogP contribution in [-0.4, -0.2) is 19.8 Å². The third kappa shape index (κ3) is 2.95. The SMILES string of the molecule is CNC(c1ccc(C(C)(C)C)s1)C1COC(C)C1. The van der Waals surface area contributed by atoms with Crippen LogP contribution in [0.2, 0.25) is 0 Å². The molecule has 0 radical (unpaired) electrons. The minimum absolute atomic E-state index is 0.251. The summed E-state index contributed by atoms with van der Waals surface area (Å²) in [6.07, 6.45) is 1.57. The van der Waals surface area contributed by atoms with E-state index in [4.69, 9.17) is 4.74 Å². The molecule has 2 heterocycles. The molecule has 102 valence electrons. The smallest absolute Gasteiger partial charge is 0.0551 e. The zero-order valence-corrected chi connectivity index (χ0v) is 12.9. The second kappa shape index (κ2) is 5.32. The van der Waals surface area contributed by atoms with Gasteiger partial charge in [0, 0.05) is 21.7 Å². The Morgan fingerprint density at radius 3 is 2.56 bits per heavy atom. The molecule has 2 nitrogen and oxygen atoms in total. The Labute approximate surface area is 115 Å². The molecule has 0 bridgehead atoms. The zero-order valence-electron chi connectivity index (χ0n) is 12.1. The third-order valence-corrected chi connectivity index (χ3v) is 5.28. The maximum atomic E-state index is 5.71. The Morgan fingerprint density at radius 2 is 2.11 bits per heavy atom. The lowest BCUT2D eigenvalue weighted by Crippen LogP contribution is -2.24. The molecule has 1 saturated heterocycles. The summed E-state index contributed by atoms with van der Waals surface area (Å²) < 4.78 is 5.71. The average Bonchev–Trinajstić information content (AvgIpc) is 2.88. The van der Waals surface area contributed by atoms with Gasteiger partial charge in [0.2, 0.25) is 0 Å². The van der Waals surface area contributed by atoms with Crippen LogP contribution in [-0.2, 0) is 10.2 Å². The monoisotopic (exact) mass is 267 g/mol. The Hall–Kier alpha value is -0.380. The van der Waals surface area contributed by atoms with E-state index in [9.17, 15) is 0 Å². The maximum absolute atomic E-state index is 5.71. The summed E-state index contributed by atoms with van der Waals surface area (Å²) in [4.78, 5) is 2.91. The quantitative estimate of drug-likeness (QED) is 0.901. The normalized spacial score (nSPS) is 26.5. The fourth-order valence-electron chi connectivity index (χ4n) is 2.62. The summed E-state index contributed by atoms with van der Waals surface area (Å²) in [6.45, 7) is 9.88. The third-order valence-electron chi connectivity index (χ3n) is 3.68. The van der Waals surface area contributed by atoms with Crippen LogP contribution in [0.3, 0.4) is 0 Å².